The predicted octanol–water partition coefficient (Wildman–Crippen LogP) is 20.8. The minimum Gasteiger partial charge on any atom is -0.462 e. The van der Waals surface area contributed by atoms with E-state index >= 15 is 0 Å². The van der Waals surface area contributed by atoms with Gasteiger partial charge in [-0.15, -0.1) is 0 Å². The van der Waals surface area contributed by atoms with E-state index in [-0.39, 0.29) is 25.7 Å². The van der Waals surface area contributed by atoms with E-state index in [9.17, 15) is 43.2 Å². The summed E-state index contributed by atoms with van der Waals surface area (Å²) in [7, 11) is -9.90. The van der Waals surface area contributed by atoms with Gasteiger partial charge in [0.15, 0.2) is 12.2 Å². The zero-order valence-electron chi connectivity index (χ0n) is 59.1. The fourth-order valence-corrected chi connectivity index (χ4v) is 12.5. The molecule has 19 heteroatoms. The standard InChI is InChI=1S/C72H140O17P2/c1-7-9-11-13-15-17-19-20-21-22-23-24-25-27-31-38-45-51-57-72(77)88-67(60-82-69(74)54-48-42-36-32-28-29-34-40-46-52-64(3)4)62-86-90(78,79)84-58-66(73)59-85-91(80,81)87-63-68(61-83-70(75)55-49-43-39-33-35-41-47-53-65(5)6)89-71(76)56-50-44-37-30-26-18-16-14-12-10-8-2/h64-68,73H,7-63H2,1-6H3,(H,78,79)(H,80,81)/t66-,67-,68-/m1/s1. The van der Waals surface area contributed by atoms with Gasteiger partial charge in [0.05, 0.1) is 26.4 Å². The van der Waals surface area contributed by atoms with E-state index in [0.717, 1.165) is 102 Å². The second-order valence-corrected chi connectivity index (χ2v) is 29.8. The number of phosphoric acid groups is 2. The molecular formula is C72H140O17P2. The van der Waals surface area contributed by atoms with E-state index in [4.69, 9.17) is 37.0 Å². The van der Waals surface area contributed by atoms with Crippen LogP contribution < -0.4 is 0 Å². The number of carbonyl (C=O) groups is 4. The zero-order valence-corrected chi connectivity index (χ0v) is 60.9. The zero-order chi connectivity index (χ0) is 67.2. The molecule has 0 saturated heterocycles. The molecule has 0 bridgehead atoms. The van der Waals surface area contributed by atoms with Crippen LogP contribution in [-0.4, -0.2) is 96.7 Å². The highest BCUT2D eigenvalue weighted by molar-refractivity contribution is 7.47. The number of carbonyl (C=O) groups excluding carboxylic acids is 4. The summed E-state index contributed by atoms with van der Waals surface area (Å²) in [6.07, 6.45) is 50.0. The molecule has 540 valence electrons. The first-order valence-electron chi connectivity index (χ1n) is 37.5. The Kier molecular flexibility index (Phi) is 62.7. The van der Waals surface area contributed by atoms with Crippen LogP contribution in [0.15, 0.2) is 0 Å². The second-order valence-electron chi connectivity index (χ2n) is 26.9. The number of hydrogen-bond donors (Lipinski definition) is 3. The average Bonchev–Trinajstić information content (AvgIpc) is 3.44. The number of unbranched alkanes of at least 4 members (excludes halogenated alkanes) is 41. The van der Waals surface area contributed by atoms with E-state index in [1.165, 1.54) is 180 Å². The molecule has 17 nitrogen and oxygen atoms in total. The summed E-state index contributed by atoms with van der Waals surface area (Å²) in [4.78, 5) is 72.6. The molecule has 0 aromatic rings. The van der Waals surface area contributed by atoms with Gasteiger partial charge >= 0.3 is 39.5 Å². The summed E-state index contributed by atoms with van der Waals surface area (Å²) >= 11 is 0. The van der Waals surface area contributed by atoms with Crippen LogP contribution in [0.4, 0.5) is 0 Å². The van der Waals surface area contributed by atoms with Gasteiger partial charge in [-0.2, -0.15) is 0 Å². The molecule has 0 rings (SSSR count). The van der Waals surface area contributed by atoms with Crippen molar-refractivity contribution in [3.63, 3.8) is 0 Å². The molecule has 3 N–H and O–H groups in total. The molecule has 0 radical (unpaired) electrons. The van der Waals surface area contributed by atoms with Crippen LogP contribution in [0, 0.1) is 11.8 Å². The van der Waals surface area contributed by atoms with Crippen molar-refractivity contribution >= 4 is 39.5 Å². The highest BCUT2D eigenvalue weighted by Gasteiger charge is 2.30. The van der Waals surface area contributed by atoms with Gasteiger partial charge in [0.25, 0.3) is 0 Å². The molecule has 0 aliphatic carbocycles. The molecule has 0 heterocycles. The van der Waals surface area contributed by atoms with Gasteiger partial charge in [0.2, 0.25) is 0 Å². The molecule has 5 atom stereocenters. The van der Waals surface area contributed by atoms with E-state index in [2.05, 4.69) is 41.5 Å². The fraction of sp³-hybridized carbons (Fsp3) is 0.944. The quantitative estimate of drug-likeness (QED) is 0.0222. The maximum Gasteiger partial charge on any atom is 0.472 e. The third kappa shape index (κ3) is 66.5. The maximum atomic E-state index is 13.0. The monoisotopic (exact) mass is 1340 g/mol. The van der Waals surface area contributed by atoms with Crippen molar-refractivity contribution in [1.29, 1.82) is 0 Å². The van der Waals surface area contributed by atoms with Crippen molar-refractivity contribution in [2.24, 2.45) is 11.8 Å². The Morgan fingerprint density at radius 2 is 0.505 bits per heavy atom. The predicted molar refractivity (Wildman–Crippen MR) is 368 cm³/mol. The number of ether oxygens (including phenoxy) is 4. The van der Waals surface area contributed by atoms with Crippen molar-refractivity contribution in [1.82, 2.24) is 0 Å². The number of phosphoric ester groups is 2. The van der Waals surface area contributed by atoms with Gasteiger partial charge in [-0.3, -0.25) is 37.3 Å². The number of rotatable bonds is 71. The molecular weight excluding hydrogens is 1200 g/mol. The average molecular weight is 1340 g/mol. The van der Waals surface area contributed by atoms with Crippen LogP contribution in [0.25, 0.3) is 0 Å². The molecule has 0 fully saturated rings. The third-order valence-corrected chi connectivity index (χ3v) is 18.6. The van der Waals surface area contributed by atoms with Gasteiger partial charge in [0, 0.05) is 25.7 Å². The first-order valence-corrected chi connectivity index (χ1v) is 40.5. The van der Waals surface area contributed by atoms with Gasteiger partial charge in [-0.1, -0.05) is 318 Å². The van der Waals surface area contributed by atoms with E-state index in [0.29, 0.717) is 31.6 Å². The molecule has 91 heavy (non-hydrogen) atoms. The van der Waals surface area contributed by atoms with E-state index in [1.807, 2.05) is 0 Å². The molecule has 0 aromatic carbocycles. The molecule has 0 aromatic heterocycles. The first-order chi connectivity index (χ1) is 43.9. The summed E-state index contributed by atoms with van der Waals surface area (Å²) in [5.41, 5.74) is 0. The fourth-order valence-electron chi connectivity index (χ4n) is 10.9. The van der Waals surface area contributed by atoms with Crippen LogP contribution in [0.1, 0.15) is 369 Å². The van der Waals surface area contributed by atoms with Crippen molar-refractivity contribution in [2.45, 2.75) is 387 Å². The topological polar surface area (TPSA) is 237 Å². The van der Waals surface area contributed by atoms with E-state index < -0.39 is 97.5 Å². The van der Waals surface area contributed by atoms with Crippen LogP contribution in [0.2, 0.25) is 0 Å². The Labute approximate surface area is 556 Å². The molecule has 0 amide bonds. The highest BCUT2D eigenvalue weighted by atomic mass is 31.2. The SMILES string of the molecule is CCCCCCCCCCCCCCCCCCCCC(=O)O[C@H](COC(=O)CCCCCCCCCCCC(C)C)COP(=O)(O)OC[C@@H](O)COP(=O)(O)OC[C@@H](COC(=O)CCCCCCCCCC(C)C)OC(=O)CCCCCCCCCCCCC. The lowest BCUT2D eigenvalue weighted by Gasteiger charge is -2.21. The minimum absolute atomic E-state index is 0.106. The van der Waals surface area contributed by atoms with Gasteiger partial charge in [0.1, 0.15) is 19.3 Å². The first kappa shape index (κ1) is 89.1. The Balaban J connectivity index is 5.22. The van der Waals surface area contributed by atoms with Crippen molar-refractivity contribution in [3.05, 3.63) is 0 Å². The Morgan fingerprint density at radius 3 is 0.747 bits per heavy atom. The summed E-state index contributed by atoms with van der Waals surface area (Å²) in [6, 6.07) is 0. The minimum atomic E-state index is -4.95. The van der Waals surface area contributed by atoms with Gasteiger partial charge in [-0.25, -0.2) is 9.13 Å². The molecule has 0 saturated carbocycles. The number of esters is 4. The molecule has 0 spiro atoms. The maximum absolute atomic E-state index is 13.0. The molecule has 0 aliphatic rings. The van der Waals surface area contributed by atoms with Crippen LogP contribution in [0.5, 0.6) is 0 Å². The largest absolute Gasteiger partial charge is 0.472 e. The van der Waals surface area contributed by atoms with Crippen LogP contribution in [-0.2, 0) is 65.4 Å². The molecule has 2 unspecified atom stereocenters. The lowest BCUT2D eigenvalue weighted by Crippen LogP contribution is -2.30. The Hall–Kier alpha value is -1.94. The van der Waals surface area contributed by atoms with Crippen LogP contribution >= 0.6 is 15.6 Å². The van der Waals surface area contributed by atoms with E-state index in [1.54, 1.807) is 0 Å². The van der Waals surface area contributed by atoms with Gasteiger partial charge in [-0.05, 0) is 37.5 Å². The Morgan fingerprint density at radius 1 is 0.297 bits per heavy atom. The summed E-state index contributed by atoms with van der Waals surface area (Å²) in [5, 5.41) is 10.6. The van der Waals surface area contributed by atoms with Crippen molar-refractivity contribution in [3.8, 4) is 0 Å². The highest BCUT2D eigenvalue weighted by Crippen LogP contribution is 2.45. The van der Waals surface area contributed by atoms with Crippen molar-refractivity contribution < 1.29 is 80.2 Å². The summed E-state index contributed by atoms with van der Waals surface area (Å²) in [5.74, 6) is -0.673. The summed E-state index contributed by atoms with van der Waals surface area (Å²) < 4.78 is 68.3. The number of aliphatic hydroxyl groups excluding tert-OH is 1. The second kappa shape index (κ2) is 64.1. The normalized spacial score (nSPS) is 14.1. The van der Waals surface area contributed by atoms with Crippen LogP contribution in [0.3, 0.4) is 0 Å². The number of hydrogen-bond acceptors (Lipinski definition) is 15. The van der Waals surface area contributed by atoms with Crippen molar-refractivity contribution in [2.75, 3.05) is 39.6 Å². The Bertz CT molecular complexity index is 1770. The smallest absolute Gasteiger partial charge is 0.462 e. The lowest BCUT2D eigenvalue weighted by molar-refractivity contribution is -0.161. The summed E-state index contributed by atoms with van der Waals surface area (Å²) in [6.45, 7) is 9.49. The third-order valence-electron chi connectivity index (χ3n) is 16.7. The number of aliphatic hydroxyl groups is 1. The molecule has 0 aliphatic heterocycles. The lowest BCUT2D eigenvalue weighted by atomic mass is 10.0. The van der Waals surface area contributed by atoms with Gasteiger partial charge < -0.3 is 33.8 Å².